The first-order chi connectivity index (χ1) is 12.3. The number of amides is 1. The minimum Gasteiger partial charge on any atom is -0.508 e. The zero-order valence-corrected chi connectivity index (χ0v) is 15.4. The Morgan fingerprint density at radius 3 is 2.50 bits per heavy atom. The lowest BCUT2D eigenvalue weighted by molar-refractivity contribution is 0.1000. The third-order valence-corrected chi connectivity index (χ3v) is 4.96. The average molecular weight is 356 g/mol. The van der Waals surface area contributed by atoms with E-state index in [0.717, 1.165) is 24.8 Å². The van der Waals surface area contributed by atoms with Gasteiger partial charge in [-0.2, -0.15) is 0 Å². The smallest absolute Gasteiger partial charge is 0.248 e. The van der Waals surface area contributed by atoms with Gasteiger partial charge in [0, 0.05) is 17.6 Å². The molecule has 2 unspecified atom stereocenters. The highest BCUT2D eigenvalue weighted by Crippen LogP contribution is 2.22. The van der Waals surface area contributed by atoms with Crippen molar-refractivity contribution >= 4 is 5.91 Å². The molecule has 0 saturated carbocycles. The van der Waals surface area contributed by atoms with Crippen molar-refractivity contribution in [2.24, 2.45) is 5.73 Å². The maximum atomic E-state index is 11.1. The summed E-state index contributed by atoms with van der Waals surface area (Å²) in [7, 11) is 0. The van der Waals surface area contributed by atoms with Crippen LogP contribution in [0.5, 0.6) is 5.75 Å². The second-order valence-electron chi connectivity index (χ2n) is 6.97. The van der Waals surface area contributed by atoms with E-state index in [-0.39, 0.29) is 11.3 Å². The summed E-state index contributed by atoms with van der Waals surface area (Å²) in [5, 5.41) is 23.4. The number of nitrogens with one attached hydrogen (secondary N) is 1. The van der Waals surface area contributed by atoms with Crippen molar-refractivity contribution in [3.05, 3.63) is 65.2 Å². The number of hydrogen-bond acceptors (Lipinski definition) is 4. The van der Waals surface area contributed by atoms with Gasteiger partial charge in [-0.15, -0.1) is 0 Å². The first kappa shape index (κ1) is 19.9. The predicted molar refractivity (Wildman–Crippen MR) is 103 cm³/mol. The summed E-state index contributed by atoms with van der Waals surface area (Å²) in [6.45, 7) is 4.66. The van der Waals surface area contributed by atoms with E-state index in [1.165, 1.54) is 0 Å². The van der Waals surface area contributed by atoms with Gasteiger partial charge in [-0.1, -0.05) is 31.2 Å². The van der Waals surface area contributed by atoms with Crippen molar-refractivity contribution in [2.75, 3.05) is 6.54 Å². The number of aliphatic hydroxyl groups is 1. The number of aryl methyl sites for hydroxylation is 1. The Balaban J connectivity index is 1.91. The molecule has 0 saturated heterocycles. The normalized spacial score (nSPS) is 14.6. The van der Waals surface area contributed by atoms with E-state index in [2.05, 4.69) is 19.2 Å². The van der Waals surface area contributed by atoms with Gasteiger partial charge < -0.3 is 21.3 Å². The SMILES string of the molecule is CCC(C)(CCc1ccc(C(N)=O)cc1)NCC(O)c1cccc(O)c1. The standard InChI is InChI=1S/C21H28N2O3/c1-3-21(2,12-11-15-7-9-16(10-8-15)20(22)26)23-14-19(25)17-5-4-6-18(24)13-17/h4-10,13,19,23-25H,3,11-12,14H2,1-2H3,(H2,22,26). The van der Waals surface area contributed by atoms with Crippen LogP contribution in [0.15, 0.2) is 48.5 Å². The van der Waals surface area contributed by atoms with Crippen molar-refractivity contribution < 1.29 is 15.0 Å². The number of hydrogen-bond donors (Lipinski definition) is 4. The number of rotatable bonds is 9. The van der Waals surface area contributed by atoms with Crippen LogP contribution in [0.25, 0.3) is 0 Å². The first-order valence-corrected chi connectivity index (χ1v) is 8.94. The van der Waals surface area contributed by atoms with Crippen LogP contribution < -0.4 is 11.1 Å². The van der Waals surface area contributed by atoms with E-state index in [1.54, 1.807) is 36.4 Å². The molecular weight excluding hydrogens is 328 g/mol. The van der Waals surface area contributed by atoms with Crippen LogP contribution in [0.3, 0.4) is 0 Å². The monoisotopic (exact) mass is 356 g/mol. The van der Waals surface area contributed by atoms with Crippen LogP contribution in [0.2, 0.25) is 0 Å². The van der Waals surface area contributed by atoms with E-state index in [1.807, 2.05) is 12.1 Å². The minimum atomic E-state index is -0.678. The molecule has 0 aromatic heterocycles. The fourth-order valence-corrected chi connectivity index (χ4v) is 2.84. The lowest BCUT2D eigenvalue weighted by Crippen LogP contribution is -2.44. The third kappa shape index (κ3) is 5.58. The topological polar surface area (TPSA) is 95.6 Å². The molecular formula is C21H28N2O3. The molecule has 2 rings (SSSR count). The number of nitrogens with two attached hydrogens (primary N) is 1. The molecule has 0 aliphatic carbocycles. The number of phenolic OH excluding ortho intramolecular Hbond substituents is 1. The zero-order chi connectivity index (χ0) is 19.2. The van der Waals surface area contributed by atoms with Gasteiger partial charge in [0.25, 0.3) is 0 Å². The summed E-state index contributed by atoms with van der Waals surface area (Å²) in [4.78, 5) is 11.1. The quantitative estimate of drug-likeness (QED) is 0.555. The molecule has 2 atom stereocenters. The Kier molecular flexibility index (Phi) is 6.77. The van der Waals surface area contributed by atoms with Crippen LogP contribution >= 0.6 is 0 Å². The van der Waals surface area contributed by atoms with E-state index in [9.17, 15) is 15.0 Å². The molecule has 0 fully saturated rings. The fourth-order valence-electron chi connectivity index (χ4n) is 2.84. The second-order valence-corrected chi connectivity index (χ2v) is 6.97. The minimum absolute atomic E-state index is 0.125. The molecule has 5 heteroatoms. The average Bonchev–Trinajstić information content (AvgIpc) is 2.65. The van der Waals surface area contributed by atoms with Gasteiger partial charge >= 0.3 is 0 Å². The molecule has 140 valence electrons. The second kappa shape index (κ2) is 8.83. The Bertz CT molecular complexity index is 730. The largest absolute Gasteiger partial charge is 0.508 e. The van der Waals surface area contributed by atoms with Crippen molar-refractivity contribution in [2.45, 2.75) is 44.8 Å². The van der Waals surface area contributed by atoms with E-state index in [0.29, 0.717) is 17.7 Å². The van der Waals surface area contributed by atoms with Crippen LogP contribution in [0, 0.1) is 0 Å². The molecule has 2 aromatic rings. The summed E-state index contributed by atoms with van der Waals surface area (Å²) in [6.07, 6.45) is 1.99. The van der Waals surface area contributed by atoms with Crippen LogP contribution in [0.4, 0.5) is 0 Å². The molecule has 0 radical (unpaired) electrons. The molecule has 5 N–H and O–H groups in total. The van der Waals surface area contributed by atoms with Crippen molar-refractivity contribution in [1.82, 2.24) is 5.32 Å². The predicted octanol–water partition coefficient (Wildman–Crippen LogP) is 2.92. The van der Waals surface area contributed by atoms with Gasteiger partial charge in [0.1, 0.15) is 5.75 Å². The fraction of sp³-hybridized carbons (Fsp3) is 0.381. The lowest BCUT2D eigenvalue weighted by Gasteiger charge is -2.31. The first-order valence-electron chi connectivity index (χ1n) is 8.94. The Labute approximate surface area is 154 Å². The highest BCUT2D eigenvalue weighted by molar-refractivity contribution is 5.92. The van der Waals surface area contributed by atoms with E-state index < -0.39 is 12.0 Å². The third-order valence-electron chi connectivity index (χ3n) is 4.96. The van der Waals surface area contributed by atoms with Crippen molar-refractivity contribution in [1.29, 1.82) is 0 Å². The number of phenols is 1. The highest BCUT2D eigenvalue weighted by atomic mass is 16.3. The van der Waals surface area contributed by atoms with Crippen molar-refractivity contribution in [3.63, 3.8) is 0 Å². The molecule has 0 heterocycles. The maximum Gasteiger partial charge on any atom is 0.248 e. The molecule has 0 aliphatic rings. The molecule has 5 nitrogen and oxygen atoms in total. The zero-order valence-electron chi connectivity index (χ0n) is 15.4. The number of β-amino-alcohol motifs (C(OH)–C–C–N with tert-alkyl or cyclic N) is 1. The summed E-state index contributed by atoms with van der Waals surface area (Å²) >= 11 is 0. The summed E-state index contributed by atoms with van der Waals surface area (Å²) < 4.78 is 0. The van der Waals surface area contributed by atoms with Crippen LogP contribution in [0.1, 0.15) is 54.3 Å². The number of aromatic hydroxyl groups is 1. The number of primary amides is 1. The van der Waals surface area contributed by atoms with Gasteiger partial charge in [-0.25, -0.2) is 0 Å². The molecule has 0 spiro atoms. The van der Waals surface area contributed by atoms with Gasteiger partial charge in [0.15, 0.2) is 0 Å². The molecule has 26 heavy (non-hydrogen) atoms. The number of carbonyl (C=O) groups excluding carboxylic acids is 1. The van der Waals surface area contributed by atoms with E-state index in [4.69, 9.17) is 5.73 Å². The lowest BCUT2D eigenvalue weighted by atomic mass is 9.90. The molecule has 0 aliphatic heterocycles. The van der Waals surface area contributed by atoms with Crippen LogP contribution in [-0.2, 0) is 6.42 Å². The maximum absolute atomic E-state index is 11.1. The molecule has 1 amide bonds. The Morgan fingerprint density at radius 2 is 1.92 bits per heavy atom. The van der Waals surface area contributed by atoms with Crippen LogP contribution in [-0.4, -0.2) is 28.2 Å². The molecule has 2 aromatic carbocycles. The number of benzene rings is 2. The summed E-state index contributed by atoms with van der Waals surface area (Å²) in [5.41, 5.74) is 7.49. The van der Waals surface area contributed by atoms with Gasteiger partial charge in [-0.3, -0.25) is 4.79 Å². The van der Waals surface area contributed by atoms with E-state index >= 15 is 0 Å². The van der Waals surface area contributed by atoms with Gasteiger partial charge in [0.05, 0.1) is 6.10 Å². The molecule has 0 bridgehead atoms. The number of carbonyl (C=O) groups is 1. The van der Waals surface area contributed by atoms with Crippen molar-refractivity contribution in [3.8, 4) is 5.75 Å². The summed E-state index contributed by atoms with van der Waals surface area (Å²) in [5.74, 6) is -0.267. The number of aliphatic hydroxyl groups excluding tert-OH is 1. The Morgan fingerprint density at radius 1 is 1.23 bits per heavy atom. The highest BCUT2D eigenvalue weighted by Gasteiger charge is 2.22. The Hall–Kier alpha value is -2.37. The van der Waals surface area contributed by atoms with Gasteiger partial charge in [0.2, 0.25) is 5.91 Å². The van der Waals surface area contributed by atoms with Gasteiger partial charge in [-0.05, 0) is 61.6 Å². The summed E-state index contributed by atoms with van der Waals surface area (Å²) in [6, 6.07) is 14.0.